The largest absolute Gasteiger partial charge is 0.388 e. The first kappa shape index (κ1) is 14.2. The maximum absolute atomic E-state index is 5.59. The Labute approximate surface area is 120 Å². The number of pyridine rings is 1. The summed E-state index contributed by atoms with van der Waals surface area (Å²) in [4.78, 5) is 7.01. The van der Waals surface area contributed by atoms with Crippen LogP contribution in [0.4, 0.5) is 5.69 Å². The van der Waals surface area contributed by atoms with E-state index in [0.29, 0.717) is 22.6 Å². The Morgan fingerprint density at radius 2 is 2.42 bits per heavy atom. The smallest absolute Gasteiger partial charge is 0.122 e. The van der Waals surface area contributed by atoms with E-state index in [1.54, 1.807) is 6.20 Å². The van der Waals surface area contributed by atoms with Gasteiger partial charge in [0, 0.05) is 31.0 Å². The zero-order valence-corrected chi connectivity index (χ0v) is 12.4. The Morgan fingerprint density at radius 3 is 3.05 bits per heavy atom. The number of hydrogen-bond donors (Lipinski definition) is 2. The summed E-state index contributed by atoms with van der Waals surface area (Å²) in [5.41, 5.74) is 7.31. The van der Waals surface area contributed by atoms with Crippen LogP contribution < -0.4 is 11.1 Å². The number of aromatic nitrogens is 1. The van der Waals surface area contributed by atoms with E-state index in [1.807, 2.05) is 12.1 Å². The van der Waals surface area contributed by atoms with Crippen molar-refractivity contribution in [3.05, 3.63) is 24.0 Å². The lowest BCUT2D eigenvalue weighted by Gasteiger charge is -2.20. The van der Waals surface area contributed by atoms with Crippen LogP contribution in [0.5, 0.6) is 0 Å². The van der Waals surface area contributed by atoms with Crippen LogP contribution in [0.15, 0.2) is 18.3 Å². The predicted molar refractivity (Wildman–Crippen MR) is 83.4 cm³/mol. The van der Waals surface area contributed by atoms with Gasteiger partial charge in [-0.05, 0) is 44.9 Å². The first-order valence-corrected chi connectivity index (χ1v) is 7.21. The quantitative estimate of drug-likeness (QED) is 0.805. The summed E-state index contributed by atoms with van der Waals surface area (Å²) in [5.74, 6) is 0.712. The Balaban J connectivity index is 1.86. The SMILES string of the molecule is CC(C)N1CCC(CNc2ccnc(C(N)=S)c2)C1. The van der Waals surface area contributed by atoms with E-state index in [4.69, 9.17) is 18.0 Å². The van der Waals surface area contributed by atoms with Crippen LogP contribution in [0.25, 0.3) is 0 Å². The van der Waals surface area contributed by atoms with Crippen molar-refractivity contribution in [1.29, 1.82) is 0 Å². The van der Waals surface area contributed by atoms with Gasteiger partial charge in [0.2, 0.25) is 0 Å². The van der Waals surface area contributed by atoms with E-state index in [0.717, 1.165) is 12.2 Å². The number of likely N-dealkylation sites (tertiary alicyclic amines) is 1. The summed E-state index contributed by atoms with van der Waals surface area (Å²) in [6.45, 7) is 7.89. The Bertz CT molecular complexity index is 447. The molecule has 104 valence electrons. The summed E-state index contributed by atoms with van der Waals surface area (Å²) in [6.07, 6.45) is 3.00. The summed E-state index contributed by atoms with van der Waals surface area (Å²) < 4.78 is 0. The minimum absolute atomic E-state index is 0.343. The lowest BCUT2D eigenvalue weighted by molar-refractivity contribution is 0.266. The average molecular weight is 278 g/mol. The molecule has 1 aliphatic rings. The van der Waals surface area contributed by atoms with E-state index in [1.165, 1.54) is 19.5 Å². The molecule has 0 aliphatic carbocycles. The van der Waals surface area contributed by atoms with Crippen LogP contribution in [0.2, 0.25) is 0 Å². The Kier molecular flexibility index (Phi) is 4.71. The van der Waals surface area contributed by atoms with Crippen molar-refractivity contribution in [3.8, 4) is 0 Å². The summed E-state index contributed by atoms with van der Waals surface area (Å²) in [6, 6.07) is 4.51. The minimum atomic E-state index is 0.343. The molecule has 0 bridgehead atoms. The molecule has 2 heterocycles. The normalized spacial score (nSPS) is 19.8. The van der Waals surface area contributed by atoms with Crippen molar-refractivity contribution in [2.75, 3.05) is 25.0 Å². The van der Waals surface area contributed by atoms with Crippen LogP contribution >= 0.6 is 12.2 Å². The fourth-order valence-electron chi connectivity index (χ4n) is 2.44. The molecule has 1 saturated heterocycles. The first-order valence-electron chi connectivity index (χ1n) is 6.80. The summed E-state index contributed by atoms with van der Waals surface area (Å²) in [5, 5.41) is 3.46. The number of rotatable bonds is 5. The maximum Gasteiger partial charge on any atom is 0.122 e. The molecule has 0 saturated carbocycles. The minimum Gasteiger partial charge on any atom is -0.388 e. The summed E-state index contributed by atoms with van der Waals surface area (Å²) >= 11 is 4.94. The highest BCUT2D eigenvalue weighted by Gasteiger charge is 2.23. The van der Waals surface area contributed by atoms with Crippen molar-refractivity contribution < 1.29 is 0 Å². The third-order valence-electron chi connectivity index (χ3n) is 3.65. The molecule has 3 N–H and O–H groups in total. The van der Waals surface area contributed by atoms with E-state index < -0.39 is 0 Å². The van der Waals surface area contributed by atoms with Gasteiger partial charge in [0.1, 0.15) is 4.99 Å². The molecular formula is C14H22N4S. The van der Waals surface area contributed by atoms with Crippen LogP contribution in [0.3, 0.4) is 0 Å². The van der Waals surface area contributed by atoms with Crippen molar-refractivity contribution in [1.82, 2.24) is 9.88 Å². The molecule has 0 radical (unpaired) electrons. The maximum atomic E-state index is 5.59. The molecule has 0 aromatic carbocycles. The topological polar surface area (TPSA) is 54.2 Å². The highest BCUT2D eigenvalue weighted by molar-refractivity contribution is 7.80. The number of nitrogens with two attached hydrogens (primary N) is 1. The lowest BCUT2D eigenvalue weighted by atomic mass is 10.1. The number of hydrogen-bond acceptors (Lipinski definition) is 4. The molecule has 1 aromatic heterocycles. The second-order valence-corrected chi connectivity index (χ2v) is 5.86. The molecule has 1 fully saturated rings. The van der Waals surface area contributed by atoms with Gasteiger partial charge in [-0.3, -0.25) is 4.98 Å². The van der Waals surface area contributed by atoms with Crippen molar-refractivity contribution >= 4 is 22.9 Å². The second kappa shape index (κ2) is 6.30. The molecule has 5 heteroatoms. The van der Waals surface area contributed by atoms with Gasteiger partial charge in [-0.15, -0.1) is 0 Å². The second-order valence-electron chi connectivity index (χ2n) is 5.42. The van der Waals surface area contributed by atoms with Gasteiger partial charge in [-0.25, -0.2) is 0 Å². The highest BCUT2D eigenvalue weighted by Crippen LogP contribution is 2.19. The van der Waals surface area contributed by atoms with Gasteiger partial charge in [0.25, 0.3) is 0 Å². The van der Waals surface area contributed by atoms with Crippen LogP contribution in [0.1, 0.15) is 26.0 Å². The Hall–Kier alpha value is -1.20. The zero-order chi connectivity index (χ0) is 13.8. The zero-order valence-electron chi connectivity index (χ0n) is 11.6. The molecule has 1 aliphatic heterocycles. The number of anilines is 1. The predicted octanol–water partition coefficient (Wildman–Crippen LogP) is 1.86. The van der Waals surface area contributed by atoms with Crippen molar-refractivity contribution in [2.24, 2.45) is 11.7 Å². The average Bonchev–Trinajstić information content (AvgIpc) is 2.85. The van der Waals surface area contributed by atoms with E-state index in [-0.39, 0.29) is 0 Å². The third-order valence-corrected chi connectivity index (χ3v) is 3.86. The van der Waals surface area contributed by atoms with Gasteiger partial charge < -0.3 is 16.0 Å². The molecule has 1 aromatic rings. The van der Waals surface area contributed by atoms with Crippen LogP contribution in [-0.2, 0) is 0 Å². The molecule has 1 atom stereocenters. The van der Waals surface area contributed by atoms with E-state index >= 15 is 0 Å². The fraction of sp³-hybridized carbons (Fsp3) is 0.571. The van der Waals surface area contributed by atoms with Gasteiger partial charge in [0.15, 0.2) is 0 Å². The lowest BCUT2D eigenvalue weighted by Crippen LogP contribution is -2.29. The van der Waals surface area contributed by atoms with Crippen molar-refractivity contribution in [3.63, 3.8) is 0 Å². The van der Waals surface area contributed by atoms with Crippen LogP contribution in [-0.4, -0.2) is 40.5 Å². The van der Waals surface area contributed by atoms with Gasteiger partial charge in [-0.1, -0.05) is 12.2 Å². The van der Waals surface area contributed by atoms with E-state index in [9.17, 15) is 0 Å². The summed E-state index contributed by atoms with van der Waals surface area (Å²) in [7, 11) is 0. The molecule has 0 spiro atoms. The highest BCUT2D eigenvalue weighted by atomic mass is 32.1. The standard InChI is InChI=1S/C14H22N4S/c1-10(2)18-6-4-11(9-18)8-17-12-3-5-16-13(7-12)14(15)19/h3,5,7,10-11H,4,6,8-9H2,1-2H3,(H2,15,19)(H,16,17). The van der Waals surface area contributed by atoms with Gasteiger partial charge >= 0.3 is 0 Å². The number of nitrogens with one attached hydrogen (secondary N) is 1. The van der Waals surface area contributed by atoms with Crippen molar-refractivity contribution in [2.45, 2.75) is 26.3 Å². The molecule has 1 unspecified atom stereocenters. The molecular weight excluding hydrogens is 256 g/mol. The number of nitrogens with zero attached hydrogens (tertiary/aromatic N) is 2. The molecule has 19 heavy (non-hydrogen) atoms. The molecule has 0 amide bonds. The Morgan fingerprint density at radius 1 is 1.63 bits per heavy atom. The fourth-order valence-corrected chi connectivity index (χ4v) is 2.55. The monoisotopic (exact) mass is 278 g/mol. The number of thiocarbonyl (C=S) groups is 1. The van der Waals surface area contributed by atoms with Gasteiger partial charge in [-0.2, -0.15) is 0 Å². The third kappa shape index (κ3) is 3.88. The van der Waals surface area contributed by atoms with E-state index in [2.05, 4.69) is 29.0 Å². The van der Waals surface area contributed by atoms with Crippen LogP contribution in [0, 0.1) is 5.92 Å². The first-order chi connectivity index (χ1) is 9.06. The molecule has 2 rings (SSSR count). The van der Waals surface area contributed by atoms with Gasteiger partial charge in [0.05, 0.1) is 5.69 Å². The molecule has 4 nitrogen and oxygen atoms in total.